The maximum atomic E-state index is 5.71. The molecule has 0 saturated carbocycles. The van der Waals surface area contributed by atoms with Crippen molar-refractivity contribution in [2.24, 2.45) is 4.99 Å². The summed E-state index contributed by atoms with van der Waals surface area (Å²) < 4.78 is 11.3. The van der Waals surface area contributed by atoms with Crippen LogP contribution in [0.1, 0.15) is 41.9 Å². The van der Waals surface area contributed by atoms with Gasteiger partial charge in [0.2, 0.25) is 0 Å². The summed E-state index contributed by atoms with van der Waals surface area (Å²) in [7, 11) is 0. The van der Waals surface area contributed by atoms with E-state index in [1.165, 1.54) is 10.4 Å². The fourth-order valence-electron chi connectivity index (χ4n) is 2.79. The van der Waals surface area contributed by atoms with Crippen molar-refractivity contribution in [3.63, 3.8) is 0 Å². The second-order valence-corrected chi connectivity index (χ2v) is 7.55. The number of halogens is 1. The summed E-state index contributed by atoms with van der Waals surface area (Å²) in [4.78, 5) is 10.4. The predicted molar refractivity (Wildman–Crippen MR) is 132 cm³/mol. The van der Waals surface area contributed by atoms with Crippen LogP contribution in [-0.2, 0) is 13.0 Å². The number of guanidine groups is 1. The Balaban J connectivity index is 0.00000420. The standard InChI is InChI=1S/C21H32N4O2S.HI/c1-6-22-21(24-14-20-15(4)25-16(5)28-20)23-12-11-17-9-10-18(26-7-2)19(13-17)27-8-3;/h9-10,13H,6-8,11-12,14H2,1-5H3,(H2,22,23,24);1H. The molecule has 1 heterocycles. The molecule has 2 N–H and O–H groups in total. The van der Waals surface area contributed by atoms with Crippen molar-refractivity contribution in [2.45, 2.75) is 47.6 Å². The van der Waals surface area contributed by atoms with Crippen molar-refractivity contribution in [1.82, 2.24) is 15.6 Å². The first-order valence-corrected chi connectivity index (χ1v) is 10.7. The molecule has 0 radical (unpaired) electrons. The molecule has 0 aliphatic rings. The van der Waals surface area contributed by atoms with E-state index in [-0.39, 0.29) is 24.0 Å². The fourth-order valence-corrected chi connectivity index (χ4v) is 3.65. The Bertz CT molecular complexity index is 780. The van der Waals surface area contributed by atoms with Crippen molar-refractivity contribution in [3.05, 3.63) is 39.3 Å². The summed E-state index contributed by atoms with van der Waals surface area (Å²) in [6.07, 6.45) is 0.871. The second-order valence-electron chi connectivity index (χ2n) is 6.26. The number of thiazole rings is 1. The third kappa shape index (κ3) is 8.38. The third-order valence-electron chi connectivity index (χ3n) is 4.04. The Hall–Kier alpha value is -1.55. The number of aromatic nitrogens is 1. The first-order valence-electron chi connectivity index (χ1n) is 9.90. The van der Waals surface area contributed by atoms with Crippen molar-refractivity contribution in [2.75, 3.05) is 26.3 Å². The topological polar surface area (TPSA) is 67.8 Å². The summed E-state index contributed by atoms with van der Waals surface area (Å²) in [5.41, 5.74) is 2.27. The number of hydrogen-bond acceptors (Lipinski definition) is 5. The largest absolute Gasteiger partial charge is 0.490 e. The van der Waals surface area contributed by atoms with Gasteiger partial charge in [0.15, 0.2) is 17.5 Å². The highest BCUT2D eigenvalue weighted by Gasteiger charge is 2.07. The molecule has 0 aliphatic heterocycles. The van der Waals surface area contributed by atoms with Crippen molar-refractivity contribution in [1.29, 1.82) is 0 Å². The molecule has 0 aliphatic carbocycles. The second kappa shape index (κ2) is 13.6. The number of benzene rings is 1. The molecule has 0 atom stereocenters. The average Bonchev–Trinajstić information content (AvgIpc) is 2.99. The molecule has 0 saturated heterocycles. The molecule has 2 aromatic rings. The molecular weight excluding hydrogens is 499 g/mol. The van der Waals surface area contributed by atoms with E-state index in [9.17, 15) is 0 Å². The first-order chi connectivity index (χ1) is 13.6. The molecule has 0 bridgehead atoms. The van der Waals surface area contributed by atoms with E-state index >= 15 is 0 Å². The highest BCUT2D eigenvalue weighted by molar-refractivity contribution is 14.0. The van der Waals surface area contributed by atoms with Crippen molar-refractivity contribution < 1.29 is 9.47 Å². The molecule has 1 aromatic heterocycles. The third-order valence-corrected chi connectivity index (χ3v) is 5.10. The number of nitrogens with one attached hydrogen (secondary N) is 2. The maximum absolute atomic E-state index is 5.71. The van der Waals surface area contributed by atoms with Gasteiger partial charge in [0.05, 0.1) is 30.5 Å². The van der Waals surface area contributed by atoms with Gasteiger partial charge in [-0.25, -0.2) is 9.98 Å². The number of ether oxygens (including phenoxy) is 2. The number of aryl methyl sites for hydroxylation is 2. The van der Waals surface area contributed by atoms with Gasteiger partial charge in [-0.1, -0.05) is 6.07 Å². The summed E-state index contributed by atoms with van der Waals surface area (Å²) >= 11 is 1.71. The summed E-state index contributed by atoms with van der Waals surface area (Å²) in [5.74, 6) is 2.42. The van der Waals surface area contributed by atoms with Crippen LogP contribution in [0.4, 0.5) is 0 Å². The smallest absolute Gasteiger partial charge is 0.191 e. The van der Waals surface area contributed by atoms with Crippen LogP contribution in [0.3, 0.4) is 0 Å². The Morgan fingerprint density at radius 2 is 1.79 bits per heavy atom. The van der Waals surface area contributed by atoms with E-state index in [1.54, 1.807) is 11.3 Å². The summed E-state index contributed by atoms with van der Waals surface area (Å²) in [6, 6.07) is 6.13. The lowest BCUT2D eigenvalue weighted by atomic mass is 10.1. The zero-order valence-corrected chi connectivity index (χ0v) is 21.1. The van der Waals surface area contributed by atoms with E-state index in [0.717, 1.165) is 47.7 Å². The van der Waals surface area contributed by atoms with Gasteiger partial charge >= 0.3 is 0 Å². The molecule has 8 heteroatoms. The number of rotatable bonds is 10. The van der Waals surface area contributed by atoms with Gasteiger partial charge in [-0.2, -0.15) is 0 Å². The molecule has 0 spiro atoms. The van der Waals surface area contributed by atoms with Crippen LogP contribution in [0.2, 0.25) is 0 Å². The summed E-state index contributed by atoms with van der Waals surface area (Å²) in [5, 5.41) is 7.79. The monoisotopic (exact) mass is 532 g/mol. The van der Waals surface area contributed by atoms with Gasteiger partial charge in [-0.15, -0.1) is 35.3 Å². The molecule has 0 fully saturated rings. The van der Waals surface area contributed by atoms with Crippen LogP contribution in [0, 0.1) is 13.8 Å². The molecule has 1 aromatic carbocycles. The Morgan fingerprint density at radius 1 is 1.07 bits per heavy atom. The lowest BCUT2D eigenvalue weighted by molar-refractivity contribution is 0.287. The normalized spacial score (nSPS) is 11.0. The first kappa shape index (κ1) is 25.5. The lowest BCUT2D eigenvalue weighted by Gasteiger charge is -2.14. The van der Waals surface area contributed by atoms with Gasteiger partial charge in [0.1, 0.15) is 0 Å². The van der Waals surface area contributed by atoms with Gasteiger partial charge in [0.25, 0.3) is 0 Å². The minimum Gasteiger partial charge on any atom is -0.490 e. The van der Waals surface area contributed by atoms with Crippen molar-refractivity contribution >= 4 is 41.3 Å². The van der Waals surface area contributed by atoms with Crippen LogP contribution < -0.4 is 20.1 Å². The number of hydrogen-bond donors (Lipinski definition) is 2. The molecule has 29 heavy (non-hydrogen) atoms. The molecule has 162 valence electrons. The molecule has 6 nitrogen and oxygen atoms in total. The van der Waals surface area contributed by atoms with Crippen LogP contribution in [0.15, 0.2) is 23.2 Å². The number of aliphatic imine (C=N–C) groups is 1. The van der Waals surface area contributed by atoms with Crippen LogP contribution in [0.25, 0.3) is 0 Å². The van der Waals surface area contributed by atoms with E-state index in [1.807, 2.05) is 33.8 Å². The molecular formula is C21H33IN4O2S. The molecule has 0 amide bonds. The molecule has 2 rings (SSSR count). The van der Waals surface area contributed by atoms with Crippen molar-refractivity contribution in [3.8, 4) is 11.5 Å². The highest BCUT2D eigenvalue weighted by Crippen LogP contribution is 2.28. The van der Waals surface area contributed by atoms with Gasteiger partial charge < -0.3 is 20.1 Å². The lowest BCUT2D eigenvalue weighted by Crippen LogP contribution is -2.38. The minimum absolute atomic E-state index is 0. The predicted octanol–water partition coefficient (Wildman–Crippen LogP) is 4.47. The fraction of sp³-hybridized carbons (Fsp3) is 0.524. The van der Waals surface area contributed by atoms with Crippen LogP contribution in [-0.4, -0.2) is 37.2 Å². The zero-order valence-electron chi connectivity index (χ0n) is 18.0. The quantitative estimate of drug-likeness (QED) is 0.269. The van der Waals surface area contributed by atoms with E-state index in [4.69, 9.17) is 14.5 Å². The van der Waals surface area contributed by atoms with Gasteiger partial charge in [0, 0.05) is 18.0 Å². The van der Waals surface area contributed by atoms with Gasteiger partial charge in [-0.05, 0) is 58.7 Å². The Kier molecular flexibility index (Phi) is 12.0. The van der Waals surface area contributed by atoms with E-state index in [2.05, 4.69) is 34.7 Å². The van der Waals surface area contributed by atoms with E-state index < -0.39 is 0 Å². The SMILES string of the molecule is CCNC(=NCc1sc(C)nc1C)NCCc1ccc(OCC)c(OCC)c1.I. The molecule has 0 unspecified atom stereocenters. The Morgan fingerprint density at radius 3 is 2.41 bits per heavy atom. The van der Waals surface area contributed by atoms with Crippen LogP contribution >= 0.6 is 35.3 Å². The Labute approximate surface area is 195 Å². The van der Waals surface area contributed by atoms with Crippen LogP contribution in [0.5, 0.6) is 11.5 Å². The minimum atomic E-state index is 0. The average molecular weight is 532 g/mol. The maximum Gasteiger partial charge on any atom is 0.191 e. The van der Waals surface area contributed by atoms with E-state index in [0.29, 0.717) is 19.8 Å². The zero-order chi connectivity index (χ0) is 20.4. The van der Waals surface area contributed by atoms with Gasteiger partial charge in [-0.3, -0.25) is 0 Å². The summed E-state index contributed by atoms with van der Waals surface area (Å²) in [6.45, 7) is 13.6. The highest BCUT2D eigenvalue weighted by atomic mass is 127. The number of nitrogens with zero attached hydrogens (tertiary/aromatic N) is 2.